The van der Waals surface area contributed by atoms with E-state index >= 15 is 0 Å². The third kappa shape index (κ3) is 1.87. The molecular weight excluding hydrogens is 156 g/mol. The monoisotopic (exact) mass is 177 g/mol. The van der Waals surface area contributed by atoms with Crippen molar-refractivity contribution in [2.45, 2.75) is 27.7 Å². The van der Waals surface area contributed by atoms with Gasteiger partial charge in [-0.05, 0) is 30.1 Å². The molecule has 0 aromatic heterocycles. The van der Waals surface area contributed by atoms with Crippen LogP contribution in [0.4, 0.5) is 0 Å². The van der Waals surface area contributed by atoms with Crippen LogP contribution in [0.3, 0.4) is 0 Å². The Morgan fingerprint density at radius 2 is 1.77 bits per heavy atom. The molecule has 0 fully saturated rings. The highest BCUT2D eigenvalue weighted by Crippen LogP contribution is 2.43. The summed E-state index contributed by atoms with van der Waals surface area (Å²) in [4.78, 5) is 0. The van der Waals surface area contributed by atoms with Crippen LogP contribution in [-0.4, -0.2) is 0 Å². The minimum atomic E-state index is 0.100. The van der Waals surface area contributed by atoms with Crippen LogP contribution in [0.1, 0.15) is 27.7 Å². The van der Waals surface area contributed by atoms with Crippen molar-refractivity contribution in [1.29, 1.82) is 0 Å². The minimum absolute atomic E-state index is 0.100. The predicted molar refractivity (Wildman–Crippen MR) is 59.2 cm³/mol. The molecule has 1 radical (unpaired) electrons. The zero-order valence-corrected chi connectivity index (χ0v) is 9.25. The maximum absolute atomic E-state index is 4.39. The van der Waals surface area contributed by atoms with Gasteiger partial charge in [0.1, 0.15) is 0 Å². The lowest BCUT2D eigenvalue weighted by Gasteiger charge is -2.41. The molecule has 1 rings (SSSR count). The van der Waals surface area contributed by atoms with E-state index in [1.807, 2.05) is 0 Å². The molecule has 1 aliphatic rings. The van der Waals surface area contributed by atoms with Crippen LogP contribution >= 0.6 is 0 Å². The maximum Gasteiger partial charge on any atom is -0.00265 e. The first kappa shape index (κ1) is 10.6. The van der Waals surface area contributed by atoms with E-state index in [1.54, 1.807) is 0 Å². The lowest BCUT2D eigenvalue weighted by atomic mass is 9.63. The van der Waals surface area contributed by atoms with Gasteiger partial charge in [-0.25, -0.2) is 0 Å². The smallest absolute Gasteiger partial charge is 0.00265 e. The molecule has 0 bridgehead atoms. The third-order valence-electron chi connectivity index (χ3n) is 3.25. The van der Waals surface area contributed by atoms with Crippen LogP contribution in [0, 0.1) is 30.1 Å². The van der Waals surface area contributed by atoms with Gasteiger partial charge in [-0.3, -0.25) is 0 Å². The normalized spacial score (nSPS) is 33.3. The second-order valence-electron chi connectivity index (χ2n) is 4.78. The summed E-state index contributed by atoms with van der Waals surface area (Å²) in [6.45, 7) is 13.5. The third-order valence-corrected chi connectivity index (χ3v) is 3.25. The van der Waals surface area contributed by atoms with Crippen molar-refractivity contribution in [3.8, 4) is 0 Å². The Balaban J connectivity index is 2.93. The van der Waals surface area contributed by atoms with Crippen LogP contribution in [0.15, 0.2) is 24.3 Å². The molecule has 0 aliphatic heterocycles. The van der Waals surface area contributed by atoms with Gasteiger partial charge in [0.15, 0.2) is 0 Å². The Hall–Kier alpha value is -0.520. The van der Waals surface area contributed by atoms with Crippen LogP contribution in [0.25, 0.3) is 0 Å². The Morgan fingerprint density at radius 3 is 2.15 bits per heavy atom. The van der Waals surface area contributed by atoms with Crippen molar-refractivity contribution >= 4 is 0 Å². The van der Waals surface area contributed by atoms with E-state index in [0.29, 0.717) is 17.8 Å². The molecule has 0 aromatic rings. The first-order valence-corrected chi connectivity index (χ1v) is 5.20. The summed E-state index contributed by atoms with van der Waals surface area (Å²) in [6, 6.07) is 0. The molecule has 2 unspecified atom stereocenters. The Labute approximate surface area is 82.7 Å². The van der Waals surface area contributed by atoms with Gasteiger partial charge in [0.25, 0.3) is 0 Å². The lowest BCUT2D eigenvalue weighted by molar-refractivity contribution is 0.201. The van der Waals surface area contributed by atoms with E-state index in [0.717, 1.165) is 0 Å². The number of allylic oxidation sites excluding steroid dienone is 4. The van der Waals surface area contributed by atoms with Crippen LogP contribution in [0.2, 0.25) is 0 Å². The zero-order chi connectivity index (χ0) is 10.1. The fraction of sp³-hybridized carbons (Fsp3) is 0.615. The lowest BCUT2D eigenvalue weighted by Crippen LogP contribution is -2.34. The molecule has 1 aliphatic carbocycles. The molecule has 0 saturated carbocycles. The van der Waals surface area contributed by atoms with E-state index in [9.17, 15) is 0 Å². The standard InChI is InChI=1S/C13H21/c1-10(2)12-8-6-7-9-13(12,5)11(3)4/h6-12H,5H2,1-4H3. The topological polar surface area (TPSA) is 0 Å². The fourth-order valence-corrected chi connectivity index (χ4v) is 2.13. The fourth-order valence-electron chi connectivity index (χ4n) is 2.13. The van der Waals surface area contributed by atoms with E-state index in [2.05, 4.69) is 58.9 Å². The van der Waals surface area contributed by atoms with Gasteiger partial charge < -0.3 is 0 Å². The molecule has 2 atom stereocenters. The minimum Gasteiger partial charge on any atom is -0.0803 e. The van der Waals surface area contributed by atoms with Gasteiger partial charge in [-0.15, -0.1) is 0 Å². The molecule has 13 heavy (non-hydrogen) atoms. The second-order valence-corrected chi connectivity index (χ2v) is 4.78. The van der Waals surface area contributed by atoms with Gasteiger partial charge in [-0.1, -0.05) is 52.0 Å². The average molecular weight is 177 g/mol. The average Bonchev–Trinajstić information content (AvgIpc) is 2.04. The van der Waals surface area contributed by atoms with Crippen molar-refractivity contribution in [2.75, 3.05) is 0 Å². The molecule has 0 N–H and O–H groups in total. The Bertz CT molecular complexity index is 220. The van der Waals surface area contributed by atoms with Crippen LogP contribution < -0.4 is 0 Å². The maximum atomic E-state index is 4.39. The molecule has 0 aromatic carbocycles. The van der Waals surface area contributed by atoms with Crippen molar-refractivity contribution in [3.05, 3.63) is 31.2 Å². The van der Waals surface area contributed by atoms with Crippen molar-refractivity contribution < 1.29 is 0 Å². The molecule has 0 heteroatoms. The van der Waals surface area contributed by atoms with Crippen molar-refractivity contribution in [3.63, 3.8) is 0 Å². The van der Waals surface area contributed by atoms with Gasteiger partial charge in [0.2, 0.25) is 0 Å². The Morgan fingerprint density at radius 1 is 1.15 bits per heavy atom. The van der Waals surface area contributed by atoms with Gasteiger partial charge >= 0.3 is 0 Å². The molecule has 0 heterocycles. The molecule has 0 nitrogen and oxygen atoms in total. The molecular formula is C13H21. The van der Waals surface area contributed by atoms with E-state index in [4.69, 9.17) is 0 Å². The quantitative estimate of drug-likeness (QED) is 0.601. The number of hydrogen-bond acceptors (Lipinski definition) is 0. The largest absolute Gasteiger partial charge is 0.0803 e. The SMILES string of the molecule is [CH2]C1(C(C)C)C=CC=CC1C(C)C. The highest BCUT2D eigenvalue weighted by molar-refractivity contribution is 5.22. The van der Waals surface area contributed by atoms with Crippen molar-refractivity contribution in [1.82, 2.24) is 0 Å². The molecule has 0 saturated heterocycles. The zero-order valence-electron chi connectivity index (χ0n) is 9.25. The Kier molecular flexibility index (Phi) is 3.00. The summed E-state index contributed by atoms with van der Waals surface area (Å²) in [5.41, 5.74) is 0.100. The van der Waals surface area contributed by atoms with Crippen LogP contribution in [0.5, 0.6) is 0 Å². The number of rotatable bonds is 2. The summed E-state index contributed by atoms with van der Waals surface area (Å²) in [6.07, 6.45) is 8.85. The summed E-state index contributed by atoms with van der Waals surface area (Å²) >= 11 is 0. The summed E-state index contributed by atoms with van der Waals surface area (Å²) in [7, 11) is 0. The molecule has 0 amide bonds. The van der Waals surface area contributed by atoms with E-state index in [1.165, 1.54) is 0 Å². The number of hydrogen-bond donors (Lipinski definition) is 0. The van der Waals surface area contributed by atoms with E-state index in [-0.39, 0.29) is 5.41 Å². The first-order chi connectivity index (χ1) is 5.98. The summed E-state index contributed by atoms with van der Waals surface area (Å²) < 4.78 is 0. The predicted octanol–water partition coefficient (Wildman–Crippen LogP) is 3.86. The van der Waals surface area contributed by atoms with Crippen LogP contribution in [-0.2, 0) is 0 Å². The highest BCUT2D eigenvalue weighted by Gasteiger charge is 2.36. The summed E-state index contributed by atoms with van der Waals surface area (Å²) in [5, 5.41) is 0. The summed E-state index contributed by atoms with van der Waals surface area (Å²) in [5.74, 6) is 1.85. The van der Waals surface area contributed by atoms with Crippen molar-refractivity contribution in [2.24, 2.45) is 23.2 Å². The van der Waals surface area contributed by atoms with E-state index < -0.39 is 0 Å². The van der Waals surface area contributed by atoms with Gasteiger partial charge in [0.05, 0.1) is 0 Å². The van der Waals surface area contributed by atoms with Gasteiger partial charge in [-0.2, -0.15) is 0 Å². The molecule has 73 valence electrons. The highest BCUT2D eigenvalue weighted by atomic mass is 14.4. The molecule has 0 spiro atoms. The van der Waals surface area contributed by atoms with Gasteiger partial charge in [0, 0.05) is 0 Å². The second kappa shape index (κ2) is 3.69. The first-order valence-electron chi connectivity index (χ1n) is 5.20.